The van der Waals surface area contributed by atoms with Crippen LogP contribution in [0.1, 0.15) is 0 Å². The zero-order valence-corrected chi connectivity index (χ0v) is 14.4. The molecule has 1 aromatic carbocycles. The zero-order chi connectivity index (χ0) is 17.5. The molecule has 25 heavy (non-hydrogen) atoms. The number of morpholine rings is 1. The van der Waals surface area contributed by atoms with E-state index in [9.17, 15) is 9.90 Å². The highest BCUT2D eigenvalue weighted by Gasteiger charge is 2.35. The van der Waals surface area contributed by atoms with Crippen LogP contribution in [-0.4, -0.2) is 92.2 Å². The Balaban J connectivity index is 1.56. The van der Waals surface area contributed by atoms with Crippen molar-refractivity contribution in [2.45, 2.75) is 5.60 Å². The highest BCUT2D eigenvalue weighted by atomic mass is 16.5. The van der Waals surface area contributed by atoms with Crippen molar-refractivity contribution in [3.05, 3.63) is 30.3 Å². The molecule has 2 saturated heterocycles. The minimum atomic E-state index is -1.22. The summed E-state index contributed by atoms with van der Waals surface area (Å²) in [6.45, 7) is 4.53. The molecule has 0 saturated carbocycles. The summed E-state index contributed by atoms with van der Waals surface area (Å²) in [5, 5.41) is 10.9. The van der Waals surface area contributed by atoms with Crippen LogP contribution in [0.15, 0.2) is 30.3 Å². The van der Waals surface area contributed by atoms with E-state index in [1.165, 1.54) is 0 Å². The van der Waals surface area contributed by atoms with Crippen LogP contribution in [0.25, 0.3) is 0 Å². The number of hydrogen-bond acceptors (Lipinski definition) is 6. The molecule has 1 N–H and O–H groups in total. The summed E-state index contributed by atoms with van der Waals surface area (Å²) in [5.74, 6) is 0.692. The summed E-state index contributed by atoms with van der Waals surface area (Å²) < 4.78 is 16.5. The van der Waals surface area contributed by atoms with Gasteiger partial charge < -0.3 is 24.2 Å². The molecule has 0 aromatic heterocycles. The van der Waals surface area contributed by atoms with Crippen molar-refractivity contribution in [1.82, 2.24) is 9.80 Å². The molecule has 1 amide bonds. The molecule has 2 fully saturated rings. The molecule has 1 atom stereocenters. The first kappa shape index (κ1) is 18.1. The van der Waals surface area contributed by atoms with Crippen molar-refractivity contribution >= 4 is 5.91 Å². The second kappa shape index (κ2) is 8.62. The molecule has 1 aromatic rings. The van der Waals surface area contributed by atoms with Crippen molar-refractivity contribution in [2.75, 3.05) is 65.8 Å². The lowest BCUT2D eigenvalue weighted by atomic mass is 10.1. The van der Waals surface area contributed by atoms with Crippen LogP contribution in [0.5, 0.6) is 5.75 Å². The normalized spacial score (nSPS) is 25.4. The predicted molar refractivity (Wildman–Crippen MR) is 91.5 cm³/mol. The molecule has 2 heterocycles. The Morgan fingerprint density at radius 2 is 1.84 bits per heavy atom. The Labute approximate surface area is 148 Å². The van der Waals surface area contributed by atoms with Gasteiger partial charge in [-0.05, 0) is 12.1 Å². The van der Waals surface area contributed by atoms with Gasteiger partial charge in [0.05, 0.1) is 39.5 Å². The Hall–Kier alpha value is -1.67. The van der Waals surface area contributed by atoms with Crippen LogP contribution < -0.4 is 4.74 Å². The summed E-state index contributed by atoms with van der Waals surface area (Å²) >= 11 is 0. The van der Waals surface area contributed by atoms with Gasteiger partial charge >= 0.3 is 0 Å². The number of rotatable bonds is 5. The van der Waals surface area contributed by atoms with Gasteiger partial charge in [0.15, 0.2) is 0 Å². The third kappa shape index (κ3) is 5.40. The summed E-state index contributed by atoms with van der Waals surface area (Å²) in [6, 6.07) is 9.33. The van der Waals surface area contributed by atoms with Gasteiger partial charge in [0.2, 0.25) is 5.91 Å². The Morgan fingerprint density at radius 3 is 2.60 bits per heavy atom. The second-order valence-corrected chi connectivity index (χ2v) is 6.58. The molecular formula is C18H26N2O5. The van der Waals surface area contributed by atoms with E-state index in [1.54, 1.807) is 4.90 Å². The van der Waals surface area contributed by atoms with Gasteiger partial charge in [0.25, 0.3) is 0 Å². The fourth-order valence-corrected chi connectivity index (χ4v) is 3.00. The topological polar surface area (TPSA) is 71.5 Å². The Morgan fingerprint density at radius 1 is 1.12 bits per heavy atom. The van der Waals surface area contributed by atoms with Gasteiger partial charge in [-0.15, -0.1) is 0 Å². The number of ether oxygens (including phenoxy) is 3. The minimum absolute atomic E-state index is 0.00513. The summed E-state index contributed by atoms with van der Waals surface area (Å²) in [6.07, 6.45) is 0. The van der Waals surface area contributed by atoms with E-state index in [4.69, 9.17) is 14.2 Å². The molecule has 2 aliphatic heterocycles. The monoisotopic (exact) mass is 350 g/mol. The first-order chi connectivity index (χ1) is 12.1. The number of carbonyl (C=O) groups excluding carboxylic acids is 1. The zero-order valence-electron chi connectivity index (χ0n) is 14.4. The Kier molecular flexibility index (Phi) is 6.25. The molecule has 0 aliphatic carbocycles. The average molecular weight is 350 g/mol. The lowest BCUT2D eigenvalue weighted by Crippen LogP contribution is -2.52. The van der Waals surface area contributed by atoms with Gasteiger partial charge in [-0.3, -0.25) is 9.69 Å². The number of β-amino-alcohol motifs (C(OH)–C–C–N with tert-alkyl or cyclic N) is 1. The van der Waals surface area contributed by atoms with E-state index in [0.29, 0.717) is 38.7 Å². The third-order valence-electron chi connectivity index (χ3n) is 4.43. The Bertz CT molecular complexity index is 550. The van der Waals surface area contributed by atoms with E-state index < -0.39 is 5.60 Å². The van der Waals surface area contributed by atoms with Gasteiger partial charge in [-0.2, -0.15) is 0 Å². The van der Waals surface area contributed by atoms with Crippen LogP contribution in [0, 0.1) is 0 Å². The maximum atomic E-state index is 12.6. The van der Waals surface area contributed by atoms with Gasteiger partial charge in [0, 0.05) is 19.6 Å². The summed E-state index contributed by atoms with van der Waals surface area (Å²) in [4.78, 5) is 16.4. The maximum absolute atomic E-state index is 12.6. The molecule has 2 aliphatic rings. The molecular weight excluding hydrogens is 324 g/mol. The number of nitrogens with zero attached hydrogens (tertiary/aromatic N) is 2. The molecule has 0 spiro atoms. The SMILES string of the molecule is O=C(CN1CCOCC1)N1CCOC[C@](O)(COc2ccccc2)C1. The van der Waals surface area contributed by atoms with Crippen molar-refractivity contribution in [3.8, 4) is 5.75 Å². The van der Waals surface area contributed by atoms with E-state index in [1.807, 2.05) is 30.3 Å². The minimum Gasteiger partial charge on any atom is -0.490 e. The first-order valence-electron chi connectivity index (χ1n) is 8.70. The first-order valence-corrected chi connectivity index (χ1v) is 8.70. The molecule has 3 rings (SSSR count). The third-order valence-corrected chi connectivity index (χ3v) is 4.43. The van der Waals surface area contributed by atoms with Crippen LogP contribution in [0.4, 0.5) is 0 Å². The summed E-state index contributed by atoms with van der Waals surface area (Å²) in [5.41, 5.74) is -1.22. The number of amides is 1. The van der Waals surface area contributed by atoms with Crippen LogP contribution in [-0.2, 0) is 14.3 Å². The average Bonchev–Trinajstić information content (AvgIpc) is 2.84. The highest BCUT2D eigenvalue weighted by Crippen LogP contribution is 2.17. The molecule has 138 valence electrons. The van der Waals surface area contributed by atoms with E-state index >= 15 is 0 Å². The quantitative estimate of drug-likeness (QED) is 0.805. The lowest BCUT2D eigenvalue weighted by Gasteiger charge is -2.33. The van der Waals surface area contributed by atoms with Gasteiger partial charge in [0.1, 0.15) is 18.0 Å². The lowest BCUT2D eigenvalue weighted by molar-refractivity contribution is -0.137. The number of aliphatic hydroxyl groups is 1. The number of para-hydroxylation sites is 1. The van der Waals surface area contributed by atoms with Crippen LogP contribution >= 0.6 is 0 Å². The fraction of sp³-hybridized carbons (Fsp3) is 0.611. The van der Waals surface area contributed by atoms with Crippen molar-refractivity contribution in [3.63, 3.8) is 0 Å². The van der Waals surface area contributed by atoms with Gasteiger partial charge in [-0.25, -0.2) is 0 Å². The fourth-order valence-electron chi connectivity index (χ4n) is 3.00. The highest BCUT2D eigenvalue weighted by molar-refractivity contribution is 5.78. The largest absolute Gasteiger partial charge is 0.490 e. The molecule has 0 radical (unpaired) electrons. The number of benzene rings is 1. The second-order valence-electron chi connectivity index (χ2n) is 6.58. The van der Waals surface area contributed by atoms with Crippen molar-refractivity contribution in [2.24, 2.45) is 0 Å². The summed E-state index contributed by atoms with van der Waals surface area (Å²) in [7, 11) is 0. The van der Waals surface area contributed by atoms with Crippen molar-refractivity contribution < 1.29 is 24.1 Å². The van der Waals surface area contributed by atoms with E-state index in [2.05, 4.69) is 4.90 Å². The number of hydrogen-bond donors (Lipinski definition) is 1. The standard InChI is InChI=1S/C18H26N2O5/c21-17(12-19-6-9-23-10-7-19)20-8-11-24-14-18(22,13-20)15-25-16-4-2-1-3-5-16/h1-5,22H,6-15H2/t18-/m0/s1. The van der Waals surface area contributed by atoms with Gasteiger partial charge in [-0.1, -0.05) is 18.2 Å². The van der Waals surface area contributed by atoms with Crippen LogP contribution in [0.2, 0.25) is 0 Å². The molecule has 0 bridgehead atoms. The molecule has 7 nitrogen and oxygen atoms in total. The smallest absolute Gasteiger partial charge is 0.236 e. The van der Waals surface area contributed by atoms with Crippen LogP contribution in [0.3, 0.4) is 0 Å². The van der Waals surface area contributed by atoms with Crippen molar-refractivity contribution in [1.29, 1.82) is 0 Å². The van der Waals surface area contributed by atoms with E-state index in [0.717, 1.165) is 13.1 Å². The molecule has 0 unspecified atom stereocenters. The molecule has 7 heteroatoms. The predicted octanol–water partition coefficient (Wildman–Crippen LogP) is -0.0125. The maximum Gasteiger partial charge on any atom is 0.236 e. The van der Waals surface area contributed by atoms with E-state index in [-0.39, 0.29) is 25.7 Å². The number of carbonyl (C=O) groups is 1.